The van der Waals surface area contributed by atoms with Gasteiger partial charge in [-0.05, 0) is 30.5 Å². The normalized spacial score (nSPS) is 15.0. The highest BCUT2D eigenvalue weighted by molar-refractivity contribution is 5.20. The molecule has 1 aromatic rings. The molecule has 15 heavy (non-hydrogen) atoms. The lowest BCUT2D eigenvalue weighted by atomic mass is 10.0. The minimum atomic E-state index is -0.948. The maximum Gasteiger partial charge on any atom is 0.159 e. The van der Waals surface area contributed by atoms with Crippen LogP contribution in [0.15, 0.2) is 18.2 Å². The lowest BCUT2D eigenvalue weighted by Crippen LogP contribution is -2.21. The number of halogens is 2. The smallest absolute Gasteiger partial charge is 0.159 e. The number of rotatable bonds is 4. The highest BCUT2D eigenvalue weighted by Gasteiger charge is 2.13. The first-order chi connectivity index (χ1) is 7.04. The second kappa shape index (κ2) is 5.19. The van der Waals surface area contributed by atoms with Crippen LogP contribution in [0.2, 0.25) is 0 Å². The SMILES string of the molecule is CCC(N)CC(O)c1ccc(F)c(F)c1. The monoisotopic (exact) mass is 215 g/mol. The topological polar surface area (TPSA) is 46.2 Å². The van der Waals surface area contributed by atoms with Crippen molar-refractivity contribution in [3.8, 4) is 0 Å². The van der Waals surface area contributed by atoms with E-state index in [1.807, 2.05) is 6.92 Å². The number of nitrogens with two attached hydrogens (primary N) is 1. The molecule has 0 aromatic heterocycles. The Balaban J connectivity index is 2.73. The van der Waals surface area contributed by atoms with E-state index in [-0.39, 0.29) is 6.04 Å². The van der Waals surface area contributed by atoms with Gasteiger partial charge in [0.05, 0.1) is 6.10 Å². The van der Waals surface area contributed by atoms with E-state index >= 15 is 0 Å². The zero-order valence-electron chi connectivity index (χ0n) is 8.58. The molecule has 0 saturated heterocycles. The molecule has 4 heteroatoms. The van der Waals surface area contributed by atoms with Gasteiger partial charge in [-0.3, -0.25) is 0 Å². The van der Waals surface area contributed by atoms with Gasteiger partial charge in [-0.1, -0.05) is 13.0 Å². The molecular weight excluding hydrogens is 200 g/mol. The molecule has 0 bridgehead atoms. The molecule has 1 aromatic carbocycles. The highest BCUT2D eigenvalue weighted by atomic mass is 19.2. The summed E-state index contributed by atoms with van der Waals surface area (Å²) in [4.78, 5) is 0. The largest absolute Gasteiger partial charge is 0.388 e. The lowest BCUT2D eigenvalue weighted by molar-refractivity contribution is 0.156. The molecule has 0 fully saturated rings. The molecule has 2 nitrogen and oxygen atoms in total. The van der Waals surface area contributed by atoms with Crippen LogP contribution in [0.25, 0.3) is 0 Å². The van der Waals surface area contributed by atoms with Crippen LogP contribution in [0.5, 0.6) is 0 Å². The average Bonchev–Trinajstić information content (AvgIpc) is 2.21. The van der Waals surface area contributed by atoms with Crippen LogP contribution in [0.1, 0.15) is 31.4 Å². The molecule has 0 spiro atoms. The van der Waals surface area contributed by atoms with E-state index in [0.29, 0.717) is 12.0 Å². The Morgan fingerprint density at radius 2 is 2.00 bits per heavy atom. The first-order valence-corrected chi connectivity index (χ1v) is 4.93. The van der Waals surface area contributed by atoms with Crippen LogP contribution in [0.4, 0.5) is 8.78 Å². The Hall–Kier alpha value is -1.00. The minimum Gasteiger partial charge on any atom is -0.388 e. The summed E-state index contributed by atoms with van der Waals surface area (Å²) in [5.41, 5.74) is 6.01. The number of aliphatic hydroxyl groups excluding tert-OH is 1. The molecule has 1 rings (SSSR count). The Bertz CT molecular complexity index is 330. The van der Waals surface area contributed by atoms with Crippen molar-refractivity contribution >= 4 is 0 Å². The molecule has 0 radical (unpaired) electrons. The van der Waals surface area contributed by atoms with Crippen LogP contribution < -0.4 is 5.73 Å². The predicted molar refractivity (Wildman–Crippen MR) is 54.2 cm³/mol. The molecule has 2 atom stereocenters. The summed E-state index contributed by atoms with van der Waals surface area (Å²) in [7, 11) is 0. The fourth-order valence-electron chi connectivity index (χ4n) is 1.31. The van der Waals surface area contributed by atoms with Crippen LogP contribution in [-0.4, -0.2) is 11.1 Å². The van der Waals surface area contributed by atoms with Gasteiger partial charge >= 0.3 is 0 Å². The van der Waals surface area contributed by atoms with Crippen molar-refractivity contribution < 1.29 is 13.9 Å². The van der Waals surface area contributed by atoms with Crippen molar-refractivity contribution in [3.63, 3.8) is 0 Å². The number of hydrogen-bond donors (Lipinski definition) is 2. The summed E-state index contributed by atoms with van der Waals surface area (Å²) in [5.74, 6) is -1.86. The molecular formula is C11H15F2NO. The number of benzene rings is 1. The Morgan fingerprint density at radius 3 is 2.53 bits per heavy atom. The molecule has 0 aliphatic carbocycles. The van der Waals surface area contributed by atoms with Gasteiger partial charge in [0, 0.05) is 6.04 Å². The Kier molecular flexibility index (Phi) is 4.17. The van der Waals surface area contributed by atoms with E-state index in [0.717, 1.165) is 18.6 Å². The van der Waals surface area contributed by atoms with Crippen molar-refractivity contribution in [1.29, 1.82) is 0 Å². The summed E-state index contributed by atoms with van der Waals surface area (Å²) in [6.07, 6.45) is 0.248. The van der Waals surface area contributed by atoms with E-state index < -0.39 is 17.7 Å². The summed E-state index contributed by atoms with van der Waals surface area (Å²) in [5, 5.41) is 9.67. The fourth-order valence-corrected chi connectivity index (χ4v) is 1.31. The van der Waals surface area contributed by atoms with Crippen LogP contribution in [0, 0.1) is 11.6 Å². The van der Waals surface area contributed by atoms with E-state index in [1.165, 1.54) is 6.07 Å². The first kappa shape index (κ1) is 12.1. The molecule has 0 aliphatic rings. The van der Waals surface area contributed by atoms with Crippen LogP contribution >= 0.6 is 0 Å². The summed E-state index contributed by atoms with van der Waals surface area (Å²) >= 11 is 0. The third kappa shape index (κ3) is 3.25. The number of hydrogen-bond acceptors (Lipinski definition) is 2. The Labute approximate surface area is 87.7 Å². The van der Waals surface area contributed by atoms with Gasteiger partial charge in [0.1, 0.15) is 0 Å². The van der Waals surface area contributed by atoms with Crippen molar-refractivity contribution in [3.05, 3.63) is 35.4 Å². The zero-order valence-corrected chi connectivity index (χ0v) is 8.58. The zero-order chi connectivity index (χ0) is 11.4. The summed E-state index contributed by atoms with van der Waals surface area (Å²) in [6.45, 7) is 1.91. The van der Waals surface area contributed by atoms with Crippen molar-refractivity contribution in [1.82, 2.24) is 0 Å². The standard InChI is InChI=1S/C11H15F2NO/c1-2-8(14)6-11(15)7-3-4-9(12)10(13)5-7/h3-5,8,11,15H,2,6,14H2,1H3. The summed E-state index contributed by atoms with van der Waals surface area (Å²) in [6, 6.07) is 3.24. The molecule has 0 aliphatic heterocycles. The fraction of sp³-hybridized carbons (Fsp3) is 0.455. The van der Waals surface area contributed by atoms with Crippen molar-refractivity contribution in [2.75, 3.05) is 0 Å². The first-order valence-electron chi connectivity index (χ1n) is 4.93. The van der Waals surface area contributed by atoms with Gasteiger partial charge in [-0.25, -0.2) is 8.78 Å². The van der Waals surface area contributed by atoms with E-state index in [1.54, 1.807) is 0 Å². The van der Waals surface area contributed by atoms with Gasteiger partial charge in [-0.2, -0.15) is 0 Å². The molecule has 3 N–H and O–H groups in total. The van der Waals surface area contributed by atoms with Gasteiger partial charge < -0.3 is 10.8 Å². The highest BCUT2D eigenvalue weighted by Crippen LogP contribution is 2.20. The van der Waals surface area contributed by atoms with E-state index in [2.05, 4.69) is 0 Å². The third-order valence-electron chi connectivity index (χ3n) is 2.38. The van der Waals surface area contributed by atoms with Crippen molar-refractivity contribution in [2.45, 2.75) is 31.9 Å². The van der Waals surface area contributed by atoms with E-state index in [9.17, 15) is 13.9 Å². The van der Waals surface area contributed by atoms with Crippen molar-refractivity contribution in [2.24, 2.45) is 5.73 Å². The summed E-state index contributed by atoms with van der Waals surface area (Å²) < 4.78 is 25.5. The molecule has 0 saturated carbocycles. The lowest BCUT2D eigenvalue weighted by Gasteiger charge is -2.15. The molecule has 84 valence electrons. The molecule has 0 heterocycles. The second-order valence-corrected chi connectivity index (χ2v) is 3.59. The minimum absolute atomic E-state index is 0.131. The van der Waals surface area contributed by atoms with Gasteiger partial charge in [0.25, 0.3) is 0 Å². The second-order valence-electron chi connectivity index (χ2n) is 3.59. The van der Waals surface area contributed by atoms with E-state index in [4.69, 9.17) is 5.73 Å². The van der Waals surface area contributed by atoms with Gasteiger partial charge in [-0.15, -0.1) is 0 Å². The maximum atomic E-state index is 12.8. The number of aliphatic hydroxyl groups is 1. The average molecular weight is 215 g/mol. The molecule has 2 unspecified atom stereocenters. The Morgan fingerprint density at radius 1 is 1.33 bits per heavy atom. The van der Waals surface area contributed by atoms with Gasteiger partial charge in [0.15, 0.2) is 11.6 Å². The quantitative estimate of drug-likeness (QED) is 0.808. The van der Waals surface area contributed by atoms with Crippen LogP contribution in [0.3, 0.4) is 0 Å². The van der Waals surface area contributed by atoms with Crippen LogP contribution in [-0.2, 0) is 0 Å². The maximum absolute atomic E-state index is 12.8. The predicted octanol–water partition coefficient (Wildman–Crippen LogP) is 2.13. The van der Waals surface area contributed by atoms with Gasteiger partial charge in [0.2, 0.25) is 0 Å². The third-order valence-corrected chi connectivity index (χ3v) is 2.38. The molecule has 0 amide bonds.